The minimum absolute atomic E-state index is 0.219. The van der Waals surface area contributed by atoms with E-state index in [4.69, 9.17) is 15.2 Å². The number of hydrogen-bond acceptors (Lipinski definition) is 3. The summed E-state index contributed by atoms with van der Waals surface area (Å²) in [5.41, 5.74) is 8.36. The Bertz CT molecular complexity index is 381. The van der Waals surface area contributed by atoms with Crippen molar-refractivity contribution in [3.63, 3.8) is 0 Å². The van der Waals surface area contributed by atoms with Gasteiger partial charge in [-0.2, -0.15) is 0 Å². The van der Waals surface area contributed by atoms with Crippen LogP contribution in [0, 0.1) is 0 Å². The van der Waals surface area contributed by atoms with Gasteiger partial charge in [-0.25, -0.2) is 0 Å². The lowest BCUT2D eigenvalue weighted by Crippen LogP contribution is -2.34. The first-order chi connectivity index (χ1) is 7.91. The van der Waals surface area contributed by atoms with Crippen molar-refractivity contribution in [1.82, 2.24) is 0 Å². The Morgan fingerprint density at radius 2 is 1.53 bits per heavy atom. The molecule has 1 aromatic rings. The highest BCUT2D eigenvalue weighted by Crippen LogP contribution is 2.32. The number of aryl methyl sites for hydroxylation is 1. The maximum absolute atomic E-state index is 6.08. The standard InChI is InChI=1S/C14H23NO2/c1-6-10-7-12(16-4)13(17-5)8-11(10)9-14(2,3)15/h7-8H,6,9,15H2,1-5H3. The zero-order valence-electron chi connectivity index (χ0n) is 11.5. The number of benzene rings is 1. The zero-order chi connectivity index (χ0) is 13.1. The van der Waals surface area contributed by atoms with Crippen molar-refractivity contribution >= 4 is 0 Å². The second kappa shape index (κ2) is 5.41. The molecule has 96 valence electrons. The fourth-order valence-corrected chi connectivity index (χ4v) is 1.95. The molecule has 0 aliphatic rings. The van der Waals surface area contributed by atoms with Crippen molar-refractivity contribution in [2.24, 2.45) is 5.73 Å². The summed E-state index contributed by atoms with van der Waals surface area (Å²) >= 11 is 0. The molecule has 3 heteroatoms. The maximum Gasteiger partial charge on any atom is 0.161 e. The van der Waals surface area contributed by atoms with Crippen LogP contribution in [0.1, 0.15) is 31.9 Å². The smallest absolute Gasteiger partial charge is 0.161 e. The van der Waals surface area contributed by atoms with Gasteiger partial charge in [0, 0.05) is 5.54 Å². The molecule has 0 aliphatic heterocycles. The molecule has 0 radical (unpaired) electrons. The molecule has 2 N–H and O–H groups in total. The normalized spacial score (nSPS) is 11.4. The van der Waals surface area contributed by atoms with Gasteiger partial charge in [0.05, 0.1) is 14.2 Å². The summed E-state index contributed by atoms with van der Waals surface area (Å²) in [6.45, 7) is 6.20. The fourth-order valence-electron chi connectivity index (χ4n) is 1.95. The summed E-state index contributed by atoms with van der Waals surface area (Å²) in [6.07, 6.45) is 1.79. The molecule has 0 amide bonds. The van der Waals surface area contributed by atoms with Crippen molar-refractivity contribution in [2.75, 3.05) is 14.2 Å². The largest absolute Gasteiger partial charge is 0.493 e. The average molecular weight is 237 g/mol. The lowest BCUT2D eigenvalue weighted by atomic mass is 9.91. The van der Waals surface area contributed by atoms with E-state index in [9.17, 15) is 0 Å². The third-order valence-electron chi connectivity index (χ3n) is 2.73. The number of nitrogens with two attached hydrogens (primary N) is 1. The summed E-state index contributed by atoms with van der Waals surface area (Å²) < 4.78 is 10.6. The highest BCUT2D eigenvalue weighted by molar-refractivity contribution is 5.48. The van der Waals surface area contributed by atoms with E-state index in [2.05, 4.69) is 6.92 Å². The van der Waals surface area contributed by atoms with Crippen molar-refractivity contribution in [2.45, 2.75) is 39.2 Å². The highest BCUT2D eigenvalue weighted by atomic mass is 16.5. The van der Waals surface area contributed by atoms with E-state index in [0.29, 0.717) is 0 Å². The average Bonchev–Trinajstić information content (AvgIpc) is 2.26. The molecule has 0 aliphatic carbocycles. The van der Waals surface area contributed by atoms with Gasteiger partial charge in [0.2, 0.25) is 0 Å². The Hall–Kier alpha value is -1.22. The minimum atomic E-state index is -0.219. The van der Waals surface area contributed by atoms with Gasteiger partial charge in [-0.15, -0.1) is 0 Å². The summed E-state index contributed by atoms with van der Waals surface area (Å²) in [5, 5.41) is 0. The molecular weight excluding hydrogens is 214 g/mol. The van der Waals surface area contributed by atoms with Gasteiger partial charge >= 0.3 is 0 Å². The molecule has 0 saturated carbocycles. The topological polar surface area (TPSA) is 44.5 Å². The Morgan fingerprint density at radius 3 is 1.88 bits per heavy atom. The molecule has 0 heterocycles. The SMILES string of the molecule is CCc1cc(OC)c(OC)cc1CC(C)(C)N. The van der Waals surface area contributed by atoms with Crippen LogP contribution in [0.5, 0.6) is 11.5 Å². The Labute approximate surface area is 104 Å². The summed E-state index contributed by atoms with van der Waals surface area (Å²) in [4.78, 5) is 0. The van der Waals surface area contributed by atoms with Crippen molar-refractivity contribution in [3.8, 4) is 11.5 Å². The third-order valence-corrected chi connectivity index (χ3v) is 2.73. The molecule has 0 spiro atoms. The van der Waals surface area contributed by atoms with E-state index in [1.54, 1.807) is 14.2 Å². The van der Waals surface area contributed by atoms with E-state index in [-0.39, 0.29) is 5.54 Å². The molecule has 0 aromatic heterocycles. The molecule has 3 nitrogen and oxygen atoms in total. The van der Waals surface area contributed by atoms with Crippen LogP contribution < -0.4 is 15.2 Å². The van der Waals surface area contributed by atoms with Crippen LogP contribution in [0.15, 0.2) is 12.1 Å². The predicted octanol–water partition coefficient (Wildman–Crippen LogP) is 2.55. The van der Waals surface area contributed by atoms with Crippen molar-refractivity contribution in [1.29, 1.82) is 0 Å². The highest BCUT2D eigenvalue weighted by Gasteiger charge is 2.16. The first-order valence-corrected chi connectivity index (χ1v) is 5.94. The van der Waals surface area contributed by atoms with Crippen LogP contribution in [0.3, 0.4) is 0 Å². The fraction of sp³-hybridized carbons (Fsp3) is 0.571. The summed E-state index contributed by atoms with van der Waals surface area (Å²) in [6, 6.07) is 4.08. The first-order valence-electron chi connectivity index (χ1n) is 5.94. The van der Waals surface area contributed by atoms with Gasteiger partial charge in [0.25, 0.3) is 0 Å². The lowest BCUT2D eigenvalue weighted by Gasteiger charge is -2.21. The Balaban J connectivity index is 3.19. The molecule has 1 aromatic carbocycles. The first kappa shape index (κ1) is 13.8. The number of ether oxygens (including phenoxy) is 2. The molecular formula is C14H23NO2. The predicted molar refractivity (Wildman–Crippen MR) is 70.9 cm³/mol. The summed E-state index contributed by atoms with van der Waals surface area (Å²) in [7, 11) is 3.31. The van der Waals surface area contributed by atoms with E-state index in [1.807, 2.05) is 26.0 Å². The van der Waals surface area contributed by atoms with Gasteiger partial charge in [-0.05, 0) is 49.9 Å². The number of rotatable bonds is 5. The quantitative estimate of drug-likeness (QED) is 0.856. The minimum Gasteiger partial charge on any atom is -0.493 e. The molecule has 17 heavy (non-hydrogen) atoms. The van der Waals surface area contributed by atoms with E-state index in [1.165, 1.54) is 11.1 Å². The number of hydrogen-bond donors (Lipinski definition) is 1. The van der Waals surface area contributed by atoms with Crippen LogP contribution in [0.2, 0.25) is 0 Å². The molecule has 0 saturated heterocycles. The van der Waals surface area contributed by atoms with Gasteiger partial charge in [-0.1, -0.05) is 6.92 Å². The summed E-state index contributed by atoms with van der Waals surface area (Å²) in [5.74, 6) is 1.55. The van der Waals surface area contributed by atoms with E-state index < -0.39 is 0 Å². The van der Waals surface area contributed by atoms with E-state index in [0.717, 1.165) is 24.3 Å². The van der Waals surface area contributed by atoms with Crippen molar-refractivity contribution in [3.05, 3.63) is 23.3 Å². The van der Waals surface area contributed by atoms with Crippen LogP contribution >= 0.6 is 0 Å². The molecule has 0 atom stereocenters. The third kappa shape index (κ3) is 3.63. The van der Waals surface area contributed by atoms with Crippen LogP contribution in [-0.2, 0) is 12.8 Å². The monoisotopic (exact) mass is 237 g/mol. The molecule has 0 unspecified atom stereocenters. The second-order valence-electron chi connectivity index (χ2n) is 4.99. The van der Waals surface area contributed by atoms with E-state index >= 15 is 0 Å². The van der Waals surface area contributed by atoms with Crippen LogP contribution in [-0.4, -0.2) is 19.8 Å². The van der Waals surface area contributed by atoms with Crippen molar-refractivity contribution < 1.29 is 9.47 Å². The Kier molecular flexibility index (Phi) is 4.40. The lowest BCUT2D eigenvalue weighted by molar-refractivity contribution is 0.353. The Morgan fingerprint density at radius 1 is 1.06 bits per heavy atom. The van der Waals surface area contributed by atoms with Crippen LogP contribution in [0.25, 0.3) is 0 Å². The van der Waals surface area contributed by atoms with Gasteiger partial charge in [0.1, 0.15) is 0 Å². The maximum atomic E-state index is 6.08. The van der Waals surface area contributed by atoms with Gasteiger partial charge < -0.3 is 15.2 Å². The molecule has 1 rings (SSSR count). The van der Waals surface area contributed by atoms with Gasteiger partial charge in [-0.3, -0.25) is 0 Å². The van der Waals surface area contributed by atoms with Crippen LogP contribution in [0.4, 0.5) is 0 Å². The second-order valence-corrected chi connectivity index (χ2v) is 4.99. The molecule has 0 bridgehead atoms. The van der Waals surface area contributed by atoms with Gasteiger partial charge in [0.15, 0.2) is 11.5 Å². The molecule has 0 fully saturated rings. The zero-order valence-corrected chi connectivity index (χ0v) is 11.5. The number of methoxy groups -OCH3 is 2.